The average molecular weight is 411 g/mol. The highest BCUT2D eigenvalue weighted by atomic mass is 32.2. The number of carbonyl (C=O) groups is 1. The van der Waals surface area contributed by atoms with Gasteiger partial charge in [-0.25, -0.2) is 4.39 Å². The highest BCUT2D eigenvalue weighted by molar-refractivity contribution is 7.98. The summed E-state index contributed by atoms with van der Waals surface area (Å²) in [4.78, 5) is 14.7. The summed E-state index contributed by atoms with van der Waals surface area (Å²) in [7, 11) is 1.83. The van der Waals surface area contributed by atoms with Crippen LogP contribution in [0.15, 0.2) is 53.7 Å². The molecule has 29 heavy (non-hydrogen) atoms. The van der Waals surface area contributed by atoms with Gasteiger partial charge in [0.2, 0.25) is 0 Å². The van der Waals surface area contributed by atoms with Crippen molar-refractivity contribution in [1.29, 1.82) is 0 Å². The van der Waals surface area contributed by atoms with Crippen LogP contribution >= 0.6 is 11.8 Å². The number of benzene rings is 2. The third kappa shape index (κ3) is 4.34. The van der Waals surface area contributed by atoms with Crippen LogP contribution in [0, 0.1) is 5.82 Å². The molecule has 0 aliphatic carbocycles. The summed E-state index contributed by atoms with van der Waals surface area (Å²) in [6.07, 6.45) is 3.36. The molecule has 0 bridgehead atoms. The van der Waals surface area contributed by atoms with Crippen LogP contribution in [0.3, 0.4) is 0 Å². The van der Waals surface area contributed by atoms with Crippen molar-refractivity contribution in [3.63, 3.8) is 0 Å². The molecule has 150 valence electrons. The Morgan fingerprint density at radius 1 is 1.07 bits per heavy atom. The van der Waals surface area contributed by atoms with Crippen molar-refractivity contribution in [2.75, 3.05) is 13.1 Å². The molecule has 1 aliphatic heterocycles. The van der Waals surface area contributed by atoms with E-state index in [1.807, 2.05) is 36.2 Å². The molecule has 3 aromatic rings. The first-order chi connectivity index (χ1) is 14.1. The Labute approximate surface area is 173 Å². The van der Waals surface area contributed by atoms with Gasteiger partial charge in [-0.05, 0) is 49.1 Å². The Hall–Kier alpha value is -2.67. The summed E-state index contributed by atoms with van der Waals surface area (Å²) in [6, 6.07) is 14.3. The van der Waals surface area contributed by atoms with E-state index in [0.717, 1.165) is 37.1 Å². The predicted octanol–water partition coefficient (Wildman–Crippen LogP) is 4.54. The first-order valence-electron chi connectivity index (χ1n) is 9.79. The normalized spacial score (nSPS) is 14.2. The van der Waals surface area contributed by atoms with Gasteiger partial charge in [-0.2, -0.15) is 0 Å². The van der Waals surface area contributed by atoms with E-state index in [1.54, 1.807) is 22.8 Å². The second kappa shape index (κ2) is 8.78. The lowest BCUT2D eigenvalue weighted by molar-refractivity contribution is 0.0724. The van der Waals surface area contributed by atoms with Crippen LogP contribution in [0.1, 0.15) is 35.2 Å². The molecule has 7 heteroatoms. The zero-order valence-corrected chi connectivity index (χ0v) is 17.2. The number of carbonyl (C=O) groups excluding carboxylic acids is 1. The highest BCUT2D eigenvalue weighted by Gasteiger charge is 2.19. The summed E-state index contributed by atoms with van der Waals surface area (Å²) in [6.45, 7) is 1.69. The molecule has 0 atom stereocenters. The topological polar surface area (TPSA) is 51.0 Å². The van der Waals surface area contributed by atoms with Crippen molar-refractivity contribution in [1.82, 2.24) is 19.7 Å². The van der Waals surface area contributed by atoms with Crippen molar-refractivity contribution in [3.8, 4) is 11.4 Å². The van der Waals surface area contributed by atoms with Gasteiger partial charge >= 0.3 is 0 Å². The van der Waals surface area contributed by atoms with Crippen LogP contribution < -0.4 is 0 Å². The van der Waals surface area contributed by atoms with Gasteiger partial charge in [0.1, 0.15) is 5.82 Å². The molecule has 2 heterocycles. The summed E-state index contributed by atoms with van der Waals surface area (Å²) in [5.41, 5.74) is 2.21. The van der Waals surface area contributed by atoms with Crippen LogP contribution in [0.2, 0.25) is 0 Å². The lowest BCUT2D eigenvalue weighted by atomic mass is 10.1. The Kier molecular flexibility index (Phi) is 5.94. The van der Waals surface area contributed by atoms with E-state index in [4.69, 9.17) is 0 Å². The van der Waals surface area contributed by atoms with Gasteiger partial charge in [-0.3, -0.25) is 4.79 Å². The van der Waals surface area contributed by atoms with Crippen LogP contribution in [-0.4, -0.2) is 38.7 Å². The molecule has 0 N–H and O–H groups in total. The SMILES string of the molecule is Cn1c(SCc2cccc(C(=O)N3CCCCC3)c2)nnc1-c1ccccc1F. The van der Waals surface area contributed by atoms with E-state index in [9.17, 15) is 9.18 Å². The van der Waals surface area contributed by atoms with Gasteiger partial charge in [-0.1, -0.05) is 36.0 Å². The van der Waals surface area contributed by atoms with Crippen molar-refractivity contribution < 1.29 is 9.18 Å². The monoisotopic (exact) mass is 410 g/mol. The number of nitrogens with zero attached hydrogens (tertiary/aromatic N) is 4. The molecule has 1 saturated heterocycles. The van der Waals surface area contributed by atoms with Gasteiger partial charge in [0.15, 0.2) is 11.0 Å². The van der Waals surface area contributed by atoms with E-state index in [2.05, 4.69) is 10.2 Å². The molecule has 1 aromatic heterocycles. The third-order valence-corrected chi connectivity index (χ3v) is 6.23. The molecule has 4 rings (SSSR count). The molecule has 5 nitrogen and oxygen atoms in total. The van der Waals surface area contributed by atoms with Gasteiger partial charge in [0, 0.05) is 31.5 Å². The summed E-state index contributed by atoms with van der Waals surface area (Å²) < 4.78 is 15.9. The van der Waals surface area contributed by atoms with Crippen molar-refractivity contribution >= 4 is 17.7 Å². The molecule has 1 amide bonds. The Bertz CT molecular complexity index is 1010. The maximum Gasteiger partial charge on any atom is 0.253 e. The largest absolute Gasteiger partial charge is 0.339 e. The summed E-state index contributed by atoms with van der Waals surface area (Å²) >= 11 is 1.52. The lowest BCUT2D eigenvalue weighted by Gasteiger charge is -2.26. The minimum absolute atomic E-state index is 0.108. The van der Waals surface area contributed by atoms with Crippen LogP contribution in [0.25, 0.3) is 11.4 Å². The Morgan fingerprint density at radius 3 is 2.66 bits per heavy atom. The molecule has 0 spiro atoms. The fraction of sp³-hybridized carbons (Fsp3) is 0.318. The van der Waals surface area contributed by atoms with E-state index < -0.39 is 0 Å². The van der Waals surface area contributed by atoms with Gasteiger partial charge < -0.3 is 9.47 Å². The Balaban J connectivity index is 1.46. The molecule has 1 aliphatic rings. The number of hydrogen-bond donors (Lipinski definition) is 0. The number of rotatable bonds is 5. The van der Waals surface area contributed by atoms with Gasteiger partial charge in [-0.15, -0.1) is 10.2 Å². The predicted molar refractivity (Wildman–Crippen MR) is 112 cm³/mol. The molecule has 2 aromatic carbocycles. The first kappa shape index (κ1) is 19.6. The van der Waals surface area contributed by atoms with E-state index in [0.29, 0.717) is 22.3 Å². The van der Waals surface area contributed by atoms with Crippen LogP contribution in [-0.2, 0) is 12.8 Å². The number of amides is 1. The van der Waals surface area contributed by atoms with Crippen LogP contribution in [0.4, 0.5) is 4.39 Å². The molecular weight excluding hydrogens is 387 g/mol. The molecular formula is C22H23FN4OS. The van der Waals surface area contributed by atoms with Gasteiger partial charge in [0.05, 0.1) is 5.56 Å². The highest BCUT2D eigenvalue weighted by Crippen LogP contribution is 2.27. The second-order valence-electron chi connectivity index (χ2n) is 7.19. The smallest absolute Gasteiger partial charge is 0.253 e. The number of halogens is 1. The Morgan fingerprint density at radius 2 is 1.86 bits per heavy atom. The van der Waals surface area contributed by atoms with Crippen molar-refractivity contribution in [2.45, 2.75) is 30.2 Å². The van der Waals surface area contributed by atoms with Crippen molar-refractivity contribution in [2.24, 2.45) is 7.05 Å². The zero-order valence-electron chi connectivity index (χ0n) is 16.3. The van der Waals surface area contributed by atoms with E-state index in [-0.39, 0.29) is 11.7 Å². The quantitative estimate of drug-likeness (QED) is 0.580. The number of aromatic nitrogens is 3. The maximum atomic E-state index is 14.1. The third-order valence-electron chi connectivity index (χ3n) is 5.13. The number of piperidine rings is 1. The number of thioether (sulfide) groups is 1. The lowest BCUT2D eigenvalue weighted by Crippen LogP contribution is -2.35. The molecule has 0 unspecified atom stereocenters. The minimum Gasteiger partial charge on any atom is -0.339 e. The van der Waals surface area contributed by atoms with E-state index >= 15 is 0 Å². The molecule has 0 saturated carbocycles. The van der Waals surface area contributed by atoms with E-state index in [1.165, 1.54) is 24.2 Å². The minimum atomic E-state index is -0.316. The maximum absolute atomic E-state index is 14.1. The first-order valence-corrected chi connectivity index (χ1v) is 10.8. The zero-order chi connectivity index (χ0) is 20.2. The molecule has 0 radical (unpaired) electrons. The van der Waals surface area contributed by atoms with Crippen molar-refractivity contribution in [3.05, 3.63) is 65.5 Å². The summed E-state index contributed by atoms with van der Waals surface area (Å²) in [5, 5.41) is 9.08. The number of likely N-dealkylation sites (tertiary alicyclic amines) is 1. The summed E-state index contributed by atoms with van der Waals surface area (Å²) in [5.74, 6) is 0.949. The molecule has 1 fully saturated rings. The second-order valence-corrected chi connectivity index (χ2v) is 8.13. The average Bonchev–Trinajstić information content (AvgIpc) is 3.13. The van der Waals surface area contributed by atoms with Crippen LogP contribution in [0.5, 0.6) is 0 Å². The number of hydrogen-bond acceptors (Lipinski definition) is 4. The fourth-order valence-corrected chi connectivity index (χ4v) is 4.39. The fourth-order valence-electron chi connectivity index (χ4n) is 3.54. The standard InChI is InChI=1S/C22H23FN4OS/c1-26-20(18-10-3-4-11-19(18)23)24-25-22(26)29-15-16-8-7-9-17(14-16)21(28)27-12-5-2-6-13-27/h3-4,7-11,14H,2,5-6,12-13,15H2,1H3. The van der Waals surface area contributed by atoms with Gasteiger partial charge in [0.25, 0.3) is 5.91 Å².